The molecule has 1 heterocycles. The average molecular weight is 226 g/mol. The van der Waals surface area contributed by atoms with Gasteiger partial charge in [0.1, 0.15) is 11.5 Å². The van der Waals surface area contributed by atoms with Crippen molar-refractivity contribution in [1.29, 1.82) is 0 Å². The molecule has 0 aliphatic carbocycles. The minimum Gasteiger partial charge on any atom is -0.296 e. The van der Waals surface area contributed by atoms with E-state index in [1.807, 2.05) is 13.8 Å². The minimum absolute atomic E-state index is 0.423. The van der Waals surface area contributed by atoms with Gasteiger partial charge < -0.3 is 0 Å². The molecule has 3 nitrogen and oxygen atoms in total. The van der Waals surface area contributed by atoms with Crippen LogP contribution in [0.25, 0.3) is 11.3 Å². The van der Waals surface area contributed by atoms with E-state index < -0.39 is 0 Å². The summed E-state index contributed by atoms with van der Waals surface area (Å²) in [6.07, 6.45) is 0.751. The number of aromatic nitrogens is 2. The second kappa shape index (κ2) is 4.45. The van der Waals surface area contributed by atoms with E-state index >= 15 is 0 Å². The molecule has 0 saturated heterocycles. The smallest absolute Gasteiger partial charge is 0.168 e. The zero-order valence-electron chi connectivity index (χ0n) is 10.2. The summed E-state index contributed by atoms with van der Waals surface area (Å²) in [5.74, 6) is 0.615. The lowest BCUT2D eigenvalue weighted by Crippen LogP contribution is -1.96. The Hall–Kier alpha value is -2.03. The van der Waals surface area contributed by atoms with Crippen LogP contribution in [0.5, 0.6) is 0 Å². The third-order valence-electron chi connectivity index (χ3n) is 2.50. The number of hydrogen-bond donors (Lipinski definition) is 0. The fourth-order valence-corrected chi connectivity index (χ4v) is 1.92. The first kappa shape index (κ1) is 11.5. The molecule has 0 spiro atoms. The molecule has 17 heavy (non-hydrogen) atoms. The molecule has 0 saturated carbocycles. The first-order valence-electron chi connectivity index (χ1n) is 5.48. The summed E-state index contributed by atoms with van der Waals surface area (Å²) in [5, 5.41) is 0. The Kier molecular flexibility index (Phi) is 3.00. The van der Waals surface area contributed by atoms with Gasteiger partial charge in [0, 0.05) is 5.56 Å². The summed E-state index contributed by atoms with van der Waals surface area (Å²) in [6, 6.07) is 7.94. The maximum atomic E-state index is 10.8. The number of carbonyl (C=O) groups is 1. The lowest BCUT2D eigenvalue weighted by atomic mass is 10.0. The second-order valence-corrected chi connectivity index (χ2v) is 4.22. The molecule has 0 atom stereocenters. The molecule has 1 aromatic heterocycles. The summed E-state index contributed by atoms with van der Waals surface area (Å²) in [4.78, 5) is 19.2. The maximum absolute atomic E-state index is 10.8. The quantitative estimate of drug-likeness (QED) is 0.739. The first-order valence-corrected chi connectivity index (χ1v) is 5.48. The van der Waals surface area contributed by atoms with Crippen molar-refractivity contribution < 1.29 is 4.79 Å². The van der Waals surface area contributed by atoms with Crippen LogP contribution >= 0.6 is 0 Å². The van der Waals surface area contributed by atoms with Gasteiger partial charge in [-0.05, 0) is 39.0 Å². The number of carbonyl (C=O) groups excluding carboxylic acids is 1. The highest BCUT2D eigenvalue weighted by Crippen LogP contribution is 2.20. The second-order valence-electron chi connectivity index (χ2n) is 4.22. The number of benzene rings is 1. The van der Waals surface area contributed by atoms with Gasteiger partial charge in [0.25, 0.3) is 0 Å². The first-order chi connectivity index (χ1) is 8.08. The Morgan fingerprint density at radius 3 is 2.18 bits per heavy atom. The Morgan fingerprint density at radius 1 is 0.941 bits per heavy atom. The number of aldehydes is 1. The van der Waals surface area contributed by atoms with E-state index in [1.165, 1.54) is 11.1 Å². The van der Waals surface area contributed by atoms with E-state index in [2.05, 4.69) is 28.2 Å². The topological polar surface area (TPSA) is 42.9 Å². The van der Waals surface area contributed by atoms with E-state index in [4.69, 9.17) is 0 Å². The molecule has 0 unspecified atom stereocenters. The zero-order chi connectivity index (χ0) is 12.4. The summed E-state index contributed by atoms with van der Waals surface area (Å²) >= 11 is 0. The monoisotopic (exact) mass is 226 g/mol. The van der Waals surface area contributed by atoms with Gasteiger partial charge in [0.05, 0.1) is 5.69 Å². The number of hydrogen-bond acceptors (Lipinski definition) is 3. The molecule has 86 valence electrons. The van der Waals surface area contributed by atoms with Gasteiger partial charge in [0.2, 0.25) is 0 Å². The molecular formula is C14H14N2O. The highest BCUT2D eigenvalue weighted by Gasteiger charge is 2.05. The number of rotatable bonds is 2. The normalized spacial score (nSPS) is 10.3. The van der Waals surface area contributed by atoms with E-state index in [-0.39, 0.29) is 0 Å². The van der Waals surface area contributed by atoms with Crippen LogP contribution < -0.4 is 0 Å². The molecule has 0 fully saturated rings. The predicted molar refractivity (Wildman–Crippen MR) is 67.1 cm³/mol. The Labute approximate surface area is 101 Å². The van der Waals surface area contributed by atoms with Crippen molar-refractivity contribution in [2.75, 3.05) is 0 Å². The van der Waals surface area contributed by atoms with Crippen LogP contribution in [0.1, 0.15) is 27.4 Å². The molecule has 0 radical (unpaired) electrons. The third kappa shape index (κ3) is 2.56. The van der Waals surface area contributed by atoms with Crippen LogP contribution in [0.15, 0.2) is 24.3 Å². The Morgan fingerprint density at radius 2 is 1.59 bits per heavy atom. The lowest BCUT2D eigenvalue weighted by Gasteiger charge is -2.06. The van der Waals surface area contributed by atoms with E-state index in [9.17, 15) is 4.79 Å². The molecule has 0 aliphatic heterocycles. The molecular weight excluding hydrogens is 212 g/mol. The van der Waals surface area contributed by atoms with Crippen LogP contribution in [0.2, 0.25) is 0 Å². The van der Waals surface area contributed by atoms with Gasteiger partial charge in [-0.25, -0.2) is 9.97 Å². The molecule has 2 rings (SSSR count). The van der Waals surface area contributed by atoms with Gasteiger partial charge in [-0.1, -0.05) is 17.2 Å². The zero-order valence-corrected chi connectivity index (χ0v) is 10.2. The molecule has 3 heteroatoms. The highest BCUT2D eigenvalue weighted by molar-refractivity contribution is 5.75. The largest absolute Gasteiger partial charge is 0.296 e. The van der Waals surface area contributed by atoms with Gasteiger partial charge in [-0.3, -0.25) is 4.79 Å². The summed E-state index contributed by atoms with van der Waals surface area (Å²) in [5.41, 5.74) is 4.61. The van der Waals surface area contributed by atoms with E-state index in [0.29, 0.717) is 11.5 Å². The predicted octanol–water partition coefficient (Wildman–Crippen LogP) is 2.88. The SMILES string of the molecule is Cc1cc(C)cc(-c2cc(C=O)nc(C)n2)c1. The summed E-state index contributed by atoms with van der Waals surface area (Å²) < 4.78 is 0. The molecule has 2 aromatic rings. The standard InChI is InChI=1S/C14H14N2O/c1-9-4-10(2)6-12(5-9)14-7-13(8-17)15-11(3)16-14/h4-8H,1-3H3. The molecule has 0 amide bonds. The fourth-order valence-electron chi connectivity index (χ4n) is 1.92. The lowest BCUT2D eigenvalue weighted by molar-refractivity contribution is 0.111. The van der Waals surface area contributed by atoms with Gasteiger partial charge in [-0.2, -0.15) is 0 Å². The molecule has 0 N–H and O–H groups in total. The van der Waals surface area contributed by atoms with Crippen LogP contribution in [0.4, 0.5) is 0 Å². The van der Waals surface area contributed by atoms with Crippen LogP contribution in [0, 0.1) is 20.8 Å². The van der Waals surface area contributed by atoms with Gasteiger partial charge in [-0.15, -0.1) is 0 Å². The van der Waals surface area contributed by atoms with Crippen molar-refractivity contribution in [3.8, 4) is 11.3 Å². The van der Waals surface area contributed by atoms with Crippen molar-refractivity contribution in [2.24, 2.45) is 0 Å². The average Bonchev–Trinajstić information content (AvgIpc) is 2.26. The number of nitrogens with zero attached hydrogens (tertiary/aromatic N) is 2. The van der Waals surface area contributed by atoms with Crippen LogP contribution in [0.3, 0.4) is 0 Å². The summed E-state index contributed by atoms with van der Waals surface area (Å²) in [6.45, 7) is 5.88. The highest BCUT2D eigenvalue weighted by atomic mass is 16.1. The van der Waals surface area contributed by atoms with Crippen LogP contribution in [-0.2, 0) is 0 Å². The maximum Gasteiger partial charge on any atom is 0.168 e. The van der Waals surface area contributed by atoms with Crippen LogP contribution in [-0.4, -0.2) is 16.3 Å². The van der Waals surface area contributed by atoms with Crippen molar-refractivity contribution >= 4 is 6.29 Å². The Bertz CT molecular complexity index is 556. The Balaban J connectivity index is 2.59. The van der Waals surface area contributed by atoms with Gasteiger partial charge in [0.15, 0.2) is 6.29 Å². The fraction of sp³-hybridized carbons (Fsp3) is 0.214. The third-order valence-corrected chi connectivity index (χ3v) is 2.50. The molecule has 0 bridgehead atoms. The van der Waals surface area contributed by atoms with Gasteiger partial charge >= 0.3 is 0 Å². The minimum atomic E-state index is 0.423. The number of aryl methyl sites for hydroxylation is 3. The van der Waals surface area contributed by atoms with Crippen molar-refractivity contribution in [3.63, 3.8) is 0 Å². The van der Waals surface area contributed by atoms with Crippen molar-refractivity contribution in [3.05, 3.63) is 46.9 Å². The molecule has 1 aromatic carbocycles. The van der Waals surface area contributed by atoms with Crippen molar-refractivity contribution in [1.82, 2.24) is 9.97 Å². The van der Waals surface area contributed by atoms with E-state index in [0.717, 1.165) is 17.5 Å². The summed E-state index contributed by atoms with van der Waals surface area (Å²) in [7, 11) is 0. The van der Waals surface area contributed by atoms with Crippen molar-refractivity contribution in [2.45, 2.75) is 20.8 Å². The van der Waals surface area contributed by atoms with E-state index in [1.54, 1.807) is 13.0 Å². The molecule has 0 aliphatic rings.